The lowest BCUT2D eigenvalue weighted by Gasteiger charge is -2.12. The zero-order valence-electron chi connectivity index (χ0n) is 11.6. The number of benzene rings is 2. The van der Waals surface area contributed by atoms with E-state index in [4.69, 9.17) is 0 Å². The Kier molecular flexibility index (Phi) is 4.20. The van der Waals surface area contributed by atoms with Gasteiger partial charge in [-0.1, -0.05) is 23.8 Å². The maximum Gasteiger partial charge on any atom is 0.263 e. The average Bonchev–Trinajstić information content (AvgIpc) is 2.32. The van der Waals surface area contributed by atoms with Crippen LogP contribution in [0.4, 0.5) is 5.69 Å². The van der Waals surface area contributed by atoms with Crippen LogP contribution in [0.1, 0.15) is 16.7 Å². The Bertz CT molecular complexity index is 754. The molecular weight excluding hydrogens is 338 g/mol. The van der Waals surface area contributed by atoms with Gasteiger partial charge in [0.2, 0.25) is 0 Å². The number of rotatable bonds is 3. The fraction of sp³-hybridized carbons (Fsp3) is 0.200. The zero-order valence-corrected chi connectivity index (χ0v) is 14.0. The van der Waals surface area contributed by atoms with E-state index in [1.165, 1.54) is 0 Å². The summed E-state index contributed by atoms with van der Waals surface area (Å²) < 4.78 is 28.1. The molecule has 0 spiro atoms. The first-order valence-corrected chi connectivity index (χ1v) is 8.43. The molecule has 2 aromatic rings. The molecule has 0 amide bonds. The van der Waals surface area contributed by atoms with Gasteiger partial charge in [0.15, 0.2) is 0 Å². The molecule has 0 aliphatic heterocycles. The standard InChI is InChI=1S/C15H16BrNO2S/c1-10-4-6-14(12(3)8-10)17-20(18,19)15-7-5-11(2)9-13(15)16/h4-9,17H,1-3H3. The van der Waals surface area contributed by atoms with Crippen molar-refractivity contribution in [2.24, 2.45) is 0 Å². The minimum atomic E-state index is -3.59. The Morgan fingerprint density at radius 3 is 2.15 bits per heavy atom. The molecule has 0 aliphatic carbocycles. The number of sulfonamides is 1. The molecule has 106 valence electrons. The molecule has 0 saturated heterocycles. The molecule has 0 aliphatic rings. The van der Waals surface area contributed by atoms with E-state index in [1.807, 2.05) is 32.9 Å². The predicted octanol–water partition coefficient (Wildman–Crippen LogP) is 4.18. The Morgan fingerprint density at radius 1 is 0.950 bits per heavy atom. The van der Waals surface area contributed by atoms with Crippen LogP contribution in [0.5, 0.6) is 0 Å². The third kappa shape index (κ3) is 3.22. The van der Waals surface area contributed by atoms with Gasteiger partial charge in [-0.3, -0.25) is 4.72 Å². The van der Waals surface area contributed by atoms with E-state index in [9.17, 15) is 8.42 Å². The van der Waals surface area contributed by atoms with Gasteiger partial charge in [-0.2, -0.15) is 0 Å². The van der Waals surface area contributed by atoms with Crippen molar-refractivity contribution in [3.05, 3.63) is 57.6 Å². The molecule has 20 heavy (non-hydrogen) atoms. The van der Waals surface area contributed by atoms with Gasteiger partial charge in [0, 0.05) is 4.47 Å². The van der Waals surface area contributed by atoms with Gasteiger partial charge in [-0.25, -0.2) is 8.42 Å². The van der Waals surface area contributed by atoms with Gasteiger partial charge in [0.25, 0.3) is 10.0 Å². The van der Waals surface area contributed by atoms with E-state index in [2.05, 4.69) is 20.7 Å². The monoisotopic (exact) mass is 353 g/mol. The van der Waals surface area contributed by atoms with Crippen LogP contribution < -0.4 is 4.72 Å². The zero-order chi connectivity index (χ0) is 14.9. The smallest absolute Gasteiger partial charge is 0.263 e. The second kappa shape index (κ2) is 5.58. The molecule has 5 heteroatoms. The first-order valence-electron chi connectivity index (χ1n) is 6.16. The van der Waals surface area contributed by atoms with Gasteiger partial charge >= 0.3 is 0 Å². The molecule has 0 bridgehead atoms. The summed E-state index contributed by atoms with van der Waals surface area (Å²) in [6.07, 6.45) is 0. The van der Waals surface area contributed by atoms with Crippen LogP contribution in [0.25, 0.3) is 0 Å². The van der Waals surface area contributed by atoms with E-state index in [0.29, 0.717) is 10.2 Å². The van der Waals surface area contributed by atoms with Crippen LogP contribution in [0.15, 0.2) is 45.8 Å². The largest absolute Gasteiger partial charge is 0.279 e. The van der Waals surface area contributed by atoms with E-state index < -0.39 is 10.0 Å². The highest BCUT2D eigenvalue weighted by Gasteiger charge is 2.18. The van der Waals surface area contributed by atoms with Crippen LogP contribution in [0.2, 0.25) is 0 Å². The van der Waals surface area contributed by atoms with E-state index in [1.54, 1.807) is 24.3 Å². The van der Waals surface area contributed by atoms with Gasteiger partial charge in [-0.15, -0.1) is 0 Å². The van der Waals surface area contributed by atoms with E-state index in [0.717, 1.165) is 16.7 Å². The number of hydrogen-bond donors (Lipinski definition) is 1. The second-order valence-electron chi connectivity index (χ2n) is 4.86. The first-order chi connectivity index (χ1) is 9.29. The molecule has 0 heterocycles. The fourth-order valence-corrected chi connectivity index (χ4v) is 4.28. The fourth-order valence-electron chi connectivity index (χ4n) is 1.95. The molecule has 0 radical (unpaired) electrons. The SMILES string of the molecule is Cc1ccc(NS(=O)(=O)c2ccc(C)cc2Br)c(C)c1. The summed E-state index contributed by atoms with van der Waals surface area (Å²) in [4.78, 5) is 0.239. The molecule has 0 aromatic heterocycles. The third-order valence-electron chi connectivity index (χ3n) is 3.00. The van der Waals surface area contributed by atoms with Crippen molar-refractivity contribution in [2.45, 2.75) is 25.7 Å². The van der Waals surface area contributed by atoms with Crippen molar-refractivity contribution in [3.8, 4) is 0 Å². The Labute approximate surface area is 128 Å². The first kappa shape index (κ1) is 15.1. The lowest BCUT2D eigenvalue weighted by atomic mass is 10.1. The summed E-state index contributed by atoms with van der Waals surface area (Å²) in [5, 5.41) is 0. The summed E-state index contributed by atoms with van der Waals surface area (Å²) >= 11 is 3.31. The summed E-state index contributed by atoms with van der Waals surface area (Å²) in [5.74, 6) is 0. The molecule has 0 saturated carbocycles. The number of halogens is 1. The normalized spacial score (nSPS) is 11.4. The second-order valence-corrected chi connectivity index (χ2v) is 7.36. The maximum atomic E-state index is 12.4. The predicted molar refractivity (Wildman–Crippen MR) is 85.6 cm³/mol. The molecule has 3 nitrogen and oxygen atoms in total. The van der Waals surface area contributed by atoms with Gasteiger partial charge in [0.05, 0.1) is 5.69 Å². The van der Waals surface area contributed by atoms with Crippen molar-refractivity contribution < 1.29 is 8.42 Å². The minimum absolute atomic E-state index is 0.239. The molecule has 0 fully saturated rings. The Balaban J connectivity index is 2.41. The highest BCUT2D eigenvalue weighted by molar-refractivity contribution is 9.10. The van der Waals surface area contributed by atoms with Gasteiger partial charge < -0.3 is 0 Å². The number of nitrogens with one attached hydrogen (secondary N) is 1. The van der Waals surface area contributed by atoms with Crippen molar-refractivity contribution in [3.63, 3.8) is 0 Å². The molecule has 2 aromatic carbocycles. The highest BCUT2D eigenvalue weighted by Crippen LogP contribution is 2.26. The highest BCUT2D eigenvalue weighted by atomic mass is 79.9. The van der Waals surface area contributed by atoms with E-state index >= 15 is 0 Å². The van der Waals surface area contributed by atoms with Crippen LogP contribution in [-0.4, -0.2) is 8.42 Å². The minimum Gasteiger partial charge on any atom is -0.279 e. The molecule has 0 atom stereocenters. The Hall–Kier alpha value is -1.33. The summed E-state index contributed by atoms with van der Waals surface area (Å²) in [5.41, 5.74) is 3.60. The van der Waals surface area contributed by atoms with E-state index in [-0.39, 0.29) is 4.90 Å². The molecular formula is C15H16BrNO2S. The summed E-state index contributed by atoms with van der Waals surface area (Å²) in [6.45, 7) is 5.77. The molecule has 0 unspecified atom stereocenters. The number of aryl methyl sites for hydroxylation is 3. The topological polar surface area (TPSA) is 46.2 Å². The lowest BCUT2D eigenvalue weighted by Crippen LogP contribution is -2.14. The number of anilines is 1. The van der Waals surface area contributed by atoms with Crippen LogP contribution in [0, 0.1) is 20.8 Å². The Morgan fingerprint density at radius 2 is 1.55 bits per heavy atom. The van der Waals surface area contributed by atoms with Gasteiger partial charge in [-0.05, 0) is 66.0 Å². The van der Waals surface area contributed by atoms with Crippen LogP contribution in [-0.2, 0) is 10.0 Å². The van der Waals surface area contributed by atoms with Crippen molar-refractivity contribution in [1.82, 2.24) is 0 Å². The maximum absolute atomic E-state index is 12.4. The van der Waals surface area contributed by atoms with Crippen molar-refractivity contribution >= 4 is 31.6 Å². The lowest BCUT2D eigenvalue weighted by molar-refractivity contribution is 0.600. The van der Waals surface area contributed by atoms with Crippen molar-refractivity contribution in [1.29, 1.82) is 0 Å². The van der Waals surface area contributed by atoms with Gasteiger partial charge in [0.1, 0.15) is 4.90 Å². The summed E-state index contributed by atoms with van der Waals surface area (Å²) in [7, 11) is -3.59. The van der Waals surface area contributed by atoms with Crippen LogP contribution in [0.3, 0.4) is 0 Å². The van der Waals surface area contributed by atoms with Crippen LogP contribution >= 0.6 is 15.9 Å². The number of hydrogen-bond acceptors (Lipinski definition) is 2. The molecule has 2 rings (SSSR count). The van der Waals surface area contributed by atoms with Crippen molar-refractivity contribution in [2.75, 3.05) is 4.72 Å². The quantitative estimate of drug-likeness (QED) is 0.899. The summed E-state index contributed by atoms with van der Waals surface area (Å²) in [6, 6.07) is 10.8. The molecule has 1 N–H and O–H groups in total. The average molecular weight is 354 g/mol. The third-order valence-corrected chi connectivity index (χ3v) is 5.35.